The maximum atomic E-state index is 13.7. The van der Waals surface area contributed by atoms with E-state index in [4.69, 9.17) is 14.2 Å². The molecule has 2 aromatic carbocycles. The van der Waals surface area contributed by atoms with E-state index in [1.165, 1.54) is 14.0 Å². The van der Waals surface area contributed by atoms with Crippen LogP contribution in [0.1, 0.15) is 58.1 Å². The minimum Gasteiger partial charge on any atom is -0.497 e. The van der Waals surface area contributed by atoms with E-state index in [0.29, 0.717) is 41.7 Å². The summed E-state index contributed by atoms with van der Waals surface area (Å²) < 4.78 is 20.2. The van der Waals surface area contributed by atoms with Crippen molar-refractivity contribution >= 4 is 28.9 Å². The maximum absolute atomic E-state index is 13.7. The SMILES string of the molecule is COc1ccc(CN2C(=O)CCC(n3c(=O)n(C)c4c(OC5CC(N6CCN(C(=O)OC(C)(C)C)CC6)C5)cccc43)C2=O)cc1. The van der Waals surface area contributed by atoms with Crippen LogP contribution in [0.3, 0.4) is 0 Å². The summed E-state index contributed by atoms with van der Waals surface area (Å²) in [6.07, 6.45) is 1.85. The number of aromatic nitrogens is 2. The highest BCUT2D eigenvalue weighted by molar-refractivity contribution is 6.00. The van der Waals surface area contributed by atoms with Gasteiger partial charge in [0.2, 0.25) is 5.91 Å². The third kappa shape index (κ3) is 6.22. The molecule has 3 aliphatic rings. The lowest BCUT2D eigenvalue weighted by molar-refractivity contribution is -0.151. The Morgan fingerprint density at radius 3 is 2.30 bits per heavy atom. The third-order valence-corrected chi connectivity index (χ3v) is 9.21. The average molecular weight is 634 g/mol. The number of imidazole rings is 1. The number of benzene rings is 2. The van der Waals surface area contributed by atoms with Crippen LogP contribution < -0.4 is 15.2 Å². The highest BCUT2D eigenvalue weighted by atomic mass is 16.6. The monoisotopic (exact) mass is 633 g/mol. The first kappa shape index (κ1) is 31.7. The lowest BCUT2D eigenvalue weighted by Gasteiger charge is -2.46. The Hall–Kier alpha value is -4.32. The molecule has 1 aliphatic carbocycles. The van der Waals surface area contributed by atoms with Crippen molar-refractivity contribution in [2.24, 2.45) is 7.05 Å². The van der Waals surface area contributed by atoms with E-state index in [2.05, 4.69) is 4.90 Å². The molecule has 0 spiro atoms. The van der Waals surface area contributed by atoms with Crippen LogP contribution >= 0.6 is 0 Å². The lowest BCUT2D eigenvalue weighted by atomic mass is 9.87. The number of amides is 3. The number of nitrogens with zero attached hydrogens (tertiary/aromatic N) is 5. The summed E-state index contributed by atoms with van der Waals surface area (Å²) >= 11 is 0. The molecule has 3 heterocycles. The zero-order valence-electron chi connectivity index (χ0n) is 27.2. The van der Waals surface area contributed by atoms with Crippen molar-refractivity contribution in [3.05, 3.63) is 58.5 Å². The van der Waals surface area contributed by atoms with E-state index in [9.17, 15) is 19.2 Å². The molecule has 1 aromatic heterocycles. The van der Waals surface area contributed by atoms with E-state index in [0.717, 1.165) is 31.5 Å². The zero-order valence-corrected chi connectivity index (χ0v) is 27.2. The highest BCUT2D eigenvalue weighted by Crippen LogP contribution is 2.35. The van der Waals surface area contributed by atoms with Crippen LogP contribution in [0.4, 0.5) is 4.79 Å². The Morgan fingerprint density at radius 2 is 1.65 bits per heavy atom. The quantitative estimate of drug-likeness (QED) is 0.362. The molecule has 2 aliphatic heterocycles. The second-order valence-electron chi connectivity index (χ2n) is 13.4. The Bertz CT molecular complexity index is 1670. The van der Waals surface area contributed by atoms with Crippen LogP contribution in [-0.2, 0) is 27.9 Å². The average Bonchev–Trinajstić information content (AvgIpc) is 3.26. The van der Waals surface area contributed by atoms with E-state index >= 15 is 0 Å². The third-order valence-electron chi connectivity index (χ3n) is 9.21. The molecule has 1 atom stereocenters. The molecule has 12 nitrogen and oxygen atoms in total. The van der Waals surface area contributed by atoms with Gasteiger partial charge in [-0.2, -0.15) is 0 Å². The van der Waals surface area contributed by atoms with Crippen LogP contribution in [0.5, 0.6) is 11.5 Å². The van der Waals surface area contributed by atoms with E-state index in [1.54, 1.807) is 31.2 Å². The number of likely N-dealkylation sites (tertiary alicyclic amines) is 1. The van der Waals surface area contributed by atoms with E-state index in [-0.39, 0.29) is 49.1 Å². The number of hydrogen-bond donors (Lipinski definition) is 0. The fourth-order valence-corrected chi connectivity index (χ4v) is 6.65. The summed E-state index contributed by atoms with van der Waals surface area (Å²) in [4.78, 5) is 58.1. The summed E-state index contributed by atoms with van der Waals surface area (Å²) in [5, 5.41) is 0. The Labute approximate surface area is 268 Å². The first-order valence-electron chi connectivity index (χ1n) is 16.0. The van der Waals surface area contributed by atoms with Gasteiger partial charge in [0.05, 0.1) is 19.2 Å². The Balaban J connectivity index is 1.12. The number of para-hydroxylation sites is 1. The van der Waals surface area contributed by atoms with Gasteiger partial charge in [-0.25, -0.2) is 9.59 Å². The lowest BCUT2D eigenvalue weighted by Crippen LogP contribution is -2.57. The summed E-state index contributed by atoms with van der Waals surface area (Å²) in [6.45, 7) is 8.60. The molecule has 246 valence electrons. The fraction of sp³-hybridized carbons (Fsp3) is 0.529. The molecule has 0 N–H and O–H groups in total. The predicted octanol–water partition coefficient (Wildman–Crippen LogP) is 3.70. The van der Waals surface area contributed by atoms with Crippen LogP contribution in [0.15, 0.2) is 47.3 Å². The Morgan fingerprint density at radius 1 is 0.957 bits per heavy atom. The molecule has 12 heteroatoms. The van der Waals surface area contributed by atoms with Gasteiger partial charge < -0.3 is 19.1 Å². The molecule has 1 unspecified atom stereocenters. The Kier molecular flexibility index (Phi) is 8.58. The van der Waals surface area contributed by atoms with Gasteiger partial charge in [-0.15, -0.1) is 0 Å². The highest BCUT2D eigenvalue weighted by Gasteiger charge is 2.40. The number of carbonyl (C=O) groups excluding carboxylic acids is 3. The van der Waals surface area contributed by atoms with Crippen molar-refractivity contribution in [3.8, 4) is 11.5 Å². The smallest absolute Gasteiger partial charge is 0.410 e. The molecule has 46 heavy (non-hydrogen) atoms. The van der Waals surface area contributed by atoms with Crippen molar-refractivity contribution in [3.63, 3.8) is 0 Å². The number of imide groups is 1. The van der Waals surface area contributed by atoms with Gasteiger partial charge in [0, 0.05) is 58.5 Å². The van der Waals surface area contributed by atoms with Crippen molar-refractivity contribution in [1.29, 1.82) is 0 Å². The van der Waals surface area contributed by atoms with E-state index in [1.807, 2.05) is 51.1 Å². The van der Waals surface area contributed by atoms with Crippen LogP contribution in [-0.4, -0.2) is 92.8 Å². The summed E-state index contributed by atoms with van der Waals surface area (Å²) in [6, 6.07) is 12.3. The van der Waals surface area contributed by atoms with Crippen molar-refractivity contribution in [1.82, 2.24) is 23.8 Å². The minimum absolute atomic E-state index is 0.00754. The van der Waals surface area contributed by atoms with Gasteiger partial charge in [0.15, 0.2) is 0 Å². The topological polar surface area (TPSA) is 116 Å². The van der Waals surface area contributed by atoms with Crippen molar-refractivity contribution in [2.75, 3.05) is 33.3 Å². The zero-order chi connectivity index (χ0) is 32.7. The number of piperazine rings is 1. The van der Waals surface area contributed by atoms with Gasteiger partial charge in [0.1, 0.15) is 34.8 Å². The molecule has 0 radical (unpaired) electrons. The number of aryl methyl sites for hydroxylation is 1. The molecule has 3 aromatic rings. The molecule has 3 amide bonds. The van der Waals surface area contributed by atoms with Crippen molar-refractivity contribution in [2.45, 2.75) is 76.8 Å². The molecular formula is C34H43N5O7. The number of fused-ring (bicyclic) bond motifs is 1. The summed E-state index contributed by atoms with van der Waals surface area (Å²) in [5.74, 6) is 0.652. The number of hydrogen-bond acceptors (Lipinski definition) is 8. The maximum Gasteiger partial charge on any atom is 0.410 e. The van der Waals surface area contributed by atoms with Crippen LogP contribution in [0, 0.1) is 0 Å². The molecular weight excluding hydrogens is 590 g/mol. The van der Waals surface area contributed by atoms with Gasteiger partial charge >= 0.3 is 11.8 Å². The van der Waals surface area contributed by atoms with Crippen LogP contribution in [0.2, 0.25) is 0 Å². The van der Waals surface area contributed by atoms with Crippen LogP contribution in [0.25, 0.3) is 11.0 Å². The predicted molar refractivity (Wildman–Crippen MR) is 171 cm³/mol. The molecule has 1 saturated carbocycles. The first-order valence-corrected chi connectivity index (χ1v) is 16.0. The molecule has 6 rings (SSSR count). The first-order chi connectivity index (χ1) is 21.9. The van der Waals surface area contributed by atoms with Crippen molar-refractivity contribution < 1.29 is 28.6 Å². The second-order valence-corrected chi connectivity index (χ2v) is 13.4. The molecule has 3 fully saturated rings. The minimum atomic E-state index is -0.796. The van der Waals surface area contributed by atoms with Gasteiger partial charge in [-0.1, -0.05) is 18.2 Å². The number of piperidine rings is 1. The van der Waals surface area contributed by atoms with Gasteiger partial charge in [-0.05, 0) is 57.0 Å². The largest absolute Gasteiger partial charge is 0.497 e. The summed E-state index contributed by atoms with van der Waals surface area (Å²) in [5.41, 5.74) is 1.21. The van der Waals surface area contributed by atoms with Gasteiger partial charge in [0.25, 0.3) is 5.91 Å². The van der Waals surface area contributed by atoms with E-state index < -0.39 is 11.6 Å². The number of rotatable bonds is 7. The second kappa shape index (κ2) is 12.5. The molecule has 0 bridgehead atoms. The number of methoxy groups -OCH3 is 1. The fourth-order valence-electron chi connectivity index (χ4n) is 6.65. The standard InChI is InChI=1S/C34H43N5O7/c1-34(2,3)46-33(43)37-17-15-36(16-18-37)23-19-25(20-23)45-28-8-6-7-26-30(28)35(4)32(42)39(26)27-13-14-29(40)38(31(27)41)21-22-9-11-24(44-5)12-10-22/h6-12,23,25,27H,13-21H2,1-5H3. The van der Waals surface area contributed by atoms with Gasteiger partial charge in [-0.3, -0.25) is 28.5 Å². The normalized spacial score (nSPS) is 22.6. The number of carbonyl (C=O) groups is 3. The summed E-state index contributed by atoms with van der Waals surface area (Å²) in [7, 11) is 3.27. The molecule has 2 saturated heterocycles. The number of ether oxygens (including phenoxy) is 3.